The van der Waals surface area contributed by atoms with E-state index in [0.717, 1.165) is 19.3 Å². The molecule has 0 fully saturated rings. The number of hydrogen-bond acceptors (Lipinski definition) is 0. The molecule has 3 rings (SSSR count). The fourth-order valence-corrected chi connectivity index (χ4v) is 5.19. The Balaban J connectivity index is 0.00000320. The van der Waals surface area contributed by atoms with Gasteiger partial charge in [-0.25, -0.2) is 0 Å². The first-order valence-corrected chi connectivity index (χ1v) is 11.7. The second kappa shape index (κ2) is 12.9. The molecule has 160 valence electrons. The van der Waals surface area contributed by atoms with Gasteiger partial charge in [0.15, 0.2) is 0 Å². The maximum absolute atomic E-state index is 3.33. The summed E-state index contributed by atoms with van der Waals surface area (Å²) in [5, 5.41) is 0.145. The lowest BCUT2D eigenvalue weighted by Gasteiger charge is -2.39. The van der Waals surface area contributed by atoms with Crippen LogP contribution in [0.3, 0.4) is 0 Å². The van der Waals surface area contributed by atoms with Crippen molar-refractivity contribution in [1.82, 2.24) is 0 Å². The van der Waals surface area contributed by atoms with Crippen molar-refractivity contribution in [2.75, 3.05) is 0 Å². The molecule has 0 aliphatic rings. The van der Waals surface area contributed by atoms with E-state index in [-0.39, 0.29) is 17.6 Å². The van der Waals surface area contributed by atoms with Crippen molar-refractivity contribution in [2.45, 2.75) is 57.0 Å². The fourth-order valence-electron chi connectivity index (χ4n) is 4.44. The van der Waals surface area contributed by atoms with Gasteiger partial charge in [-0.3, -0.25) is 0 Å². The van der Waals surface area contributed by atoms with Crippen LogP contribution >= 0.6 is 21.6 Å². The van der Waals surface area contributed by atoms with Crippen LogP contribution in [0.1, 0.15) is 49.3 Å². The summed E-state index contributed by atoms with van der Waals surface area (Å²) in [4.78, 5) is 0. The lowest BCUT2D eigenvalue weighted by atomic mass is 9.75. The molecule has 0 bridgehead atoms. The van der Waals surface area contributed by atoms with E-state index < -0.39 is 0 Å². The zero-order chi connectivity index (χ0) is 20.4. The van der Waals surface area contributed by atoms with Gasteiger partial charge in [0.1, 0.15) is 0 Å². The topological polar surface area (TPSA) is 0 Å². The average molecular weight is 439 g/mol. The van der Waals surface area contributed by atoms with Gasteiger partial charge in [-0.2, -0.15) is 0 Å². The van der Waals surface area contributed by atoms with Gasteiger partial charge in [-0.05, 0) is 53.4 Å². The molecule has 0 heterocycles. The third-order valence-electron chi connectivity index (χ3n) is 6.05. The Hall–Kier alpha value is -1.62. The summed E-state index contributed by atoms with van der Waals surface area (Å²) >= 11 is 0. The van der Waals surface area contributed by atoms with Crippen molar-refractivity contribution in [3.63, 3.8) is 0 Å². The predicted molar refractivity (Wildman–Crippen MR) is 138 cm³/mol. The normalized spacial score (nSPS) is 12.2. The SMILES string of the molecule is CCCCCC(Cc1ccccc1)C(P)(Cc1ccccc1)Cc1ccccc1.Cl. The number of unbranched alkanes of at least 4 members (excludes halogenated alkanes) is 2. The highest BCUT2D eigenvalue weighted by Crippen LogP contribution is 2.40. The summed E-state index contributed by atoms with van der Waals surface area (Å²) in [7, 11) is 3.33. The van der Waals surface area contributed by atoms with Crippen LogP contribution in [0.5, 0.6) is 0 Å². The Bertz CT molecular complexity index is 776. The first-order chi connectivity index (χ1) is 14.2. The highest BCUT2D eigenvalue weighted by Gasteiger charge is 2.34. The van der Waals surface area contributed by atoms with E-state index in [0.29, 0.717) is 5.92 Å². The highest BCUT2D eigenvalue weighted by molar-refractivity contribution is 7.19. The summed E-state index contributed by atoms with van der Waals surface area (Å²) in [6, 6.07) is 33.1. The van der Waals surface area contributed by atoms with Crippen LogP contribution in [0.25, 0.3) is 0 Å². The molecule has 30 heavy (non-hydrogen) atoms. The molecule has 3 aromatic rings. The molecule has 0 spiro atoms. The zero-order valence-corrected chi connectivity index (χ0v) is 20.1. The van der Waals surface area contributed by atoms with Crippen molar-refractivity contribution < 1.29 is 0 Å². The third-order valence-corrected chi connectivity index (χ3v) is 6.93. The second-order valence-corrected chi connectivity index (χ2v) is 9.59. The van der Waals surface area contributed by atoms with E-state index in [2.05, 4.69) is 107 Å². The van der Waals surface area contributed by atoms with E-state index in [1.54, 1.807) is 0 Å². The number of benzene rings is 3. The fraction of sp³-hybridized carbons (Fsp3) is 0.357. The van der Waals surface area contributed by atoms with E-state index >= 15 is 0 Å². The average Bonchev–Trinajstić information content (AvgIpc) is 2.75. The van der Waals surface area contributed by atoms with Gasteiger partial charge in [0.05, 0.1) is 0 Å². The zero-order valence-electron chi connectivity index (χ0n) is 18.2. The Morgan fingerprint density at radius 2 is 1.10 bits per heavy atom. The molecule has 0 aliphatic heterocycles. The van der Waals surface area contributed by atoms with E-state index in [4.69, 9.17) is 0 Å². The molecule has 0 aromatic heterocycles. The number of halogens is 1. The molecule has 0 saturated heterocycles. The first kappa shape index (κ1) is 24.6. The van der Waals surface area contributed by atoms with E-state index in [1.165, 1.54) is 42.4 Å². The smallest absolute Gasteiger partial charge is 0.00385 e. The van der Waals surface area contributed by atoms with E-state index in [9.17, 15) is 0 Å². The van der Waals surface area contributed by atoms with Gasteiger partial charge in [0.25, 0.3) is 0 Å². The Labute approximate surface area is 192 Å². The van der Waals surface area contributed by atoms with Crippen molar-refractivity contribution in [3.05, 3.63) is 108 Å². The quantitative estimate of drug-likeness (QED) is 0.210. The molecule has 0 amide bonds. The van der Waals surface area contributed by atoms with Gasteiger partial charge in [-0.15, -0.1) is 21.6 Å². The van der Waals surface area contributed by atoms with Gasteiger partial charge in [-0.1, -0.05) is 117 Å². The van der Waals surface area contributed by atoms with Crippen molar-refractivity contribution >= 4 is 21.6 Å². The van der Waals surface area contributed by atoms with Crippen molar-refractivity contribution in [1.29, 1.82) is 0 Å². The van der Waals surface area contributed by atoms with Crippen LogP contribution in [-0.4, -0.2) is 5.16 Å². The molecule has 0 nitrogen and oxygen atoms in total. The molecule has 0 radical (unpaired) electrons. The molecule has 3 aromatic carbocycles. The molecular formula is C28H36ClP. The summed E-state index contributed by atoms with van der Waals surface area (Å²) in [5.74, 6) is 0.627. The minimum Gasteiger partial charge on any atom is -0.147 e. The summed E-state index contributed by atoms with van der Waals surface area (Å²) in [5.41, 5.74) is 4.33. The largest absolute Gasteiger partial charge is 0.147 e. The maximum Gasteiger partial charge on any atom is -0.00385 e. The predicted octanol–water partition coefficient (Wildman–Crippen LogP) is 7.95. The molecular weight excluding hydrogens is 403 g/mol. The Morgan fingerprint density at radius 1 is 0.667 bits per heavy atom. The lowest BCUT2D eigenvalue weighted by Crippen LogP contribution is -2.38. The minimum absolute atomic E-state index is 0. The molecule has 0 aliphatic carbocycles. The second-order valence-electron chi connectivity index (χ2n) is 8.44. The lowest BCUT2D eigenvalue weighted by molar-refractivity contribution is 0.332. The summed E-state index contributed by atoms with van der Waals surface area (Å²) < 4.78 is 0. The van der Waals surface area contributed by atoms with Crippen LogP contribution in [0.15, 0.2) is 91.0 Å². The number of hydrogen-bond donors (Lipinski definition) is 0. The van der Waals surface area contributed by atoms with Gasteiger partial charge in [0, 0.05) is 0 Å². The van der Waals surface area contributed by atoms with Crippen LogP contribution in [-0.2, 0) is 19.3 Å². The number of rotatable bonds is 11. The third kappa shape index (κ3) is 7.57. The minimum atomic E-state index is 0. The van der Waals surface area contributed by atoms with E-state index in [1.807, 2.05) is 0 Å². The van der Waals surface area contributed by atoms with Crippen LogP contribution in [0, 0.1) is 5.92 Å². The molecule has 2 unspecified atom stereocenters. The molecule has 2 heteroatoms. The van der Waals surface area contributed by atoms with Crippen molar-refractivity contribution in [3.8, 4) is 0 Å². The molecule has 2 atom stereocenters. The van der Waals surface area contributed by atoms with Gasteiger partial charge >= 0.3 is 0 Å². The van der Waals surface area contributed by atoms with Crippen LogP contribution in [0.4, 0.5) is 0 Å². The van der Waals surface area contributed by atoms with Crippen LogP contribution in [0.2, 0.25) is 0 Å². The Kier molecular flexibility index (Phi) is 10.6. The maximum atomic E-state index is 3.33. The first-order valence-electron chi connectivity index (χ1n) is 11.1. The highest BCUT2D eigenvalue weighted by atomic mass is 35.5. The Morgan fingerprint density at radius 3 is 1.53 bits per heavy atom. The van der Waals surface area contributed by atoms with Gasteiger partial charge < -0.3 is 0 Å². The van der Waals surface area contributed by atoms with Crippen molar-refractivity contribution in [2.24, 2.45) is 5.92 Å². The molecule has 0 N–H and O–H groups in total. The van der Waals surface area contributed by atoms with Crippen LogP contribution < -0.4 is 0 Å². The van der Waals surface area contributed by atoms with Gasteiger partial charge in [0.2, 0.25) is 0 Å². The summed E-state index contributed by atoms with van der Waals surface area (Å²) in [6.45, 7) is 2.30. The standard InChI is InChI=1S/C28H35P.ClH/c1-2-3-7-20-27(21-24-14-8-4-9-15-24)28(29,22-25-16-10-5-11-17-25)23-26-18-12-6-13-19-26;/h4-6,8-19,27H,2-3,7,20-23,29H2,1H3;1H. The molecule has 0 saturated carbocycles. The summed E-state index contributed by atoms with van der Waals surface area (Å²) in [6.07, 6.45) is 8.53. The monoisotopic (exact) mass is 438 g/mol.